The molecule has 54 valence electrons. The van der Waals surface area contributed by atoms with Crippen LogP contribution in [0.1, 0.15) is 20.8 Å². The highest BCUT2D eigenvalue weighted by atomic mass is 32.1. The Labute approximate surface area is 60.7 Å². The van der Waals surface area contributed by atoms with E-state index in [9.17, 15) is 4.79 Å². The molecule has 0 fully saturated rings. The molecule has 0 saturated heterocycles. The molecule has 0 saturated carbocycles. The van der Waals surface area contributed by atoms with Gasteiger partial charge in [-0.2, -0.15) is 12.6 Å². The normalized spacial score (nSPS) is 15.1. The summed E-state index contributed by atoms with van der Waals surface area (Å²) in [4.78, 5) is 10.3. The van der Waals surface area contributed by atoms with Crippen molar-refractivity contribution in [3.05, 3.63) is 0 Å². The van der Waals surface area contributed by atoms with E-state index in [4.69, 9.17) is 5.11 Å². The summed E-state index contributed by atoms with van der Waals surface area (Å²) in [6, 6.07) is 0. The van der Waals surface area contributed by atoms with Crippen molar-refractivity contribution < 1.29 is 9.90 Å². The summed E-state index contributed by atoms with van der Waals surface area (Å²) in [5.41, 5.74) is 0. The SMILES string of the molecule is C[C@H](C(=O)O)C(C)(C)S. The lowest BCUT2D eigenvalue weighted by atomic mass is 9.97. The number of carboxylic acid groups (broad SMARTS) is 1. The second kappa shape index (κ2) is 2.60. The predicted molar refractivity (Wildman–Crippen MR) is 39.9 cm³/mol. The summed E-state index contributed by atoms with van der Waals surface area (Å²) < 4.78 is -0.425. The molecule has 0 amide bonds. The van der Waals surface area contributed by atoms with Crippen LogP contribution in [-0.4, -0.2) is 15.8 Å². The van der Waals surface area contributed by atoms with Gasteiger partial charge in [0.15, 0.2) is 0 Å². The third-order valence-electron chi connectivity index (χ3n) is 1.43. The minimum Gasteiger partial charge on any atom is -0.481 e. The number of hydrogen-bond acceptors (Lipinski definition) is 2. The molecule has 0 aliphatic heterocycles. The Morgan fingerprint density at radius 1 is 1.67 bits per heavy atom. The number of carboxylic acids is 1. The highest BCUT2D eigenvalue weighted by Gasteiger charge is 2.26. The van der Waals surface area contributed by atoms with Gasteiger partial charge < -0.3 is 5.11 Å². The lowest BCUT2D eigenvalue weighted by molar-refractivity contribution is -0.141. The van der Waals surface area contributed by atoms with E-state index in [0.717, 1.165) is 0 Å². The highest BCUT2D eigenvalue weighted by molar-refractivity contribution is 7.81. The zero-order valence-corrected chi connectivity index (χ0v) is 6.77. The molecule has 1 atom stereocenters. The topological polar surface area (TPSA) is 37.3 Å². The van der Waals surface area contributed by atoms with Crippen LogP contribution < -0.4 is 0 Å². The van der Waals surface area contributed by atoms with Crippen LogP contribution in [0.3, 0.4) is 0 Å². The van der Waals surface area contributed by atoms with Crippen molar-refractivity contribution in [1.29, 1.82) is 0 Å². The fraction of sp³-hybridized carbons (Fsp3) is 0.833. The van der Waals surface area contributed by atoms with Gasteiger partial charge in [-0.3, -0.25) is 4.79 Å². The van der Waals surface area contributed by atoms with E-state index in [1.54, 1.807) is 20.8 Å². The van der Waals surface area contributed by atoms with Gasteiger partial charge in [0, 0.05) is 4.75 Å². The van der Waals surface area contributed by atoms with Crippen molar-refractivity contribution in [2.45, 2.75) is 25.5 Å². The smallest absolute Gasteiger partial charge is 0.307 e. The first kappa shape index (κ1) is 8.82. The van der Waals surface area contributed by atoms with Crippen LogP contribution in [0.2, 0.25) is 0 Å². The molecule has 0 heterocycles. The van der Waals surface area contributed by atoms with Crippen molar-refractivity contribution in [3.8, 4) is 0 Å². The molecule has 0 aromatic rings. The van der Waals surface area contributed by atoms with E-state index in [1.165, 1.54) is 0 Å². The van der Waals surface area contributed by atoms with Crippen LogP contribution >= 0.6 is 12.6 Å². The van der Waals surface area contributed by atoms with Gasteiger partial charge in [0.1, 0.15) is 0 Å². The minimum atomic E-state index is -0.796. The molecule has 0 aromatic heterocycles. The first-order valence-electron chi connectivity index (χ1n) is 2.81. The van der Waals surface area contributed by atoms with Gasteiger partial charge in [0.05, 0.1) is 5.92 Å². The van der Waals surface area contributed by atoms with Crippen molar-refractivity contribution in [3.63, 3.8) is 0 Å². The fourth-order valence-electron chi connectivity index (χ4n) is 0.302. The molecule has 0 aliphatic carbocycles. The van der Waals surface area contributed by atoms with E-state index < -0.39 is 16.6 Å². The van der Waals surface area contributed by atoms with Crippen molar-refractivity contribution in [2.75, 3.05) is 0 Å². The monoisotopic (exact) mass is 148 g/mol. The van der Waals surface area contributed by atoms with Crippen LogP contribution in [-0.2, 0) is 4.79 Å². The number of aliphatic carboxylic acids is 1. The molecular formula is C6H12O2S. The Kier molecular flexibility index (Phi) is 2.55. The van der Waals surface area contributed by atoms with E-state index in [2.05, 4.69) is 12.6 Å². The van der Waals surface area contributed by atoms with E-state index >= 15 is 0 Å². The molecule has 2 nitrogen and oxygen atoms in total. The summed E-state index contributed by atoms with van der Waals surface area (Å²) in [5.74, 6) is -1.20. The predicted octanol–water partition coefficient (Wildman–Crippen LogP) is 1.42. The zero-order valence-electron chi connectivity index (χ0n) is 5.88. The largest absolute Gasteiger partial charge is 0.481 e. The molecular weight excluding hydrogens is 136 g/mol. The average Bonchev–Trinajstić information content (AvgIpc) is 1.62. The maximum Gasteiger partial charge on any atom is 0.307 e. The minimum absolute atomic E-state index is 0.402. The van der Waals surface area contributed by atoms with Crippen molar-refractivity contribution in [2.24, 2.45) is 5.92 Å². The maximum absolute atomic E-state index is 10.3. The van der Waals surface area contributed by atoms with Gasteiger partial charge in [-0.1, -0.05) is 20.8 Å². The van der Waals surface area contributed by atoms with Gasteiger partial charge in [-0.15, -0.1) is 0 Å². The van der Waals surface area contributed by atoms with Crippen LogP contribution in [0.5, 0.6) is 0 Å². The highest BCUT2D eigenvalue weighted by Crippen LogP contribution is 2.22. The third-order valence-corrected chi connectivity index (χ3v) is 1.82. The number of thiol groups is 1. The standard InChI is InChI=1S/C6H12O2S/c1-4(5(7)8)6(2,3)9/h4,9H,1-3H3,(H,7,8)/t4-/m1/s1. The van der Waals surface area contributed by atoms with Gasteiger partial charge >= 0.3 is 5.97 Å². The molecule has 0 bridgehead atoms. The molecule has 0 rings (SSSR count). The van der Waals surface area contributed by atoms with Crippen LogP contribution in [0.25, 0.3) is 0 Å². The lowest BCUT2D eigenvalue weighted by Gasteiger charge is -2.21. The number of carbonyl (C=O) groups is 1. The van der Waals surface area contributed by atoms with E-state index in [-0.39, 0.29) is 0 Å². The van der Waals surface area contributed by atoms with E-state index in [0.29, 0.717) is 0 Å². The zero-order chi connectivity index (χ0) is 7.65. The van der Waals surface area contributed by atoms with Gasteiger partial charge in [0.25, 0.3) is 0 Å². The summed E-state index contributed by atoms with van der Waals surface area (Å²) in [5, 5.41) is 8.47. The van der Waals surface area contributed by atoms with Crippen LogP contribution in [0, 0.1) is 5.92 Å². The average molecular weight is 148 g/mol. The second-order valence-electron chi connectivity index (χ2n) is 2.71. The Balaban J connectivity index is 4.04. The summed E-state index contributed by atoms with van der Waals surface area (Å²) in [6.07, 6.45) is 0. The van der Waals surface area contributed by atoms with Gasteiger partial charge in [0.2, 0.25) is 0 Å². The number of rotatable bonds is 2. The third kappa shape index (κ3) is 2.75. The van der Waals surface area contributed by atoms with Crippen molar-refractivity contribution >= 4 is 18.6 Å². The molecule has 9 heavy (non-hydrogen) atoms. The fourth-order valence-corrected chi connectivity index (χ4v) is 0.413. The summed E-state index contributed by atoms with van der Waals surface area (Å²) in [6.45, 7) is 5.22. The number of hydrogen-bond donors (Lipinski definition) is 2. The van der Waals surface area contributed by atoms with Crippen molar-refractivity contribution in [1.82, 2.24) is 0 Å². The molecule has 3 heteroatoms. The Bertz CT molecular complexity index is 115. The first-order valence-corrected chi connectivity index (χ1v) is 3.25. The van der Waals surface area contributed by atoms with Crippen LogP contribution in [0.15, 0.2) is 0 Å². The summed E-state index contributed by atoms with van der Waals surface area (Å²) in [7, 11) is 0. The molecule has 1 N–H and O–H groups in total. The second-order valence-corrected chi connectivity index (χ2v) is 3.87. The van der Waals surface area contributed by atoms with Gasteiger partial charge in [-0.25, -0.2) is 0 Å². The Hall–Kier alpha value is -0.180. The lowest BCUT2D eigenvalue weighted by Crippen LogP contribution is -2.29. The molecule has 0 aromatic carbocycles. The molecule has 0 radical (unpaired) electrons. The Morgan fingerprint density at radius 2 is 2.00 bits per heavy atom. The molecule has 0 aliphatic rings. The quantitative estimate of drug-likeness (QED) is 0.581. The molecule has 0 spiro atoms. The van der Waals surface area contributed by atoms with E-state index in [1.807, 2.05) is 0 Å². The Morgan fingerprint density at radius 3 is 2.00 bits per heavy atom. The first-order chi connectivity index (χ1) is 3.85. The summed E-state index contributed by atoms with van der Waals surface area (Å²) >= 11 is 4.11. The van der Waals surface area contributed by atoms with Gasteiger partial charge in [-0.05, 0) is 0 Å². The molecule has 0 unspecified atom stereocenters. The maximum atomic E-state index is 10.3. The van der Waals surface area contributed by atoms with Crippen LogP contribution in [0.4, 0.5) is 0 Å².